The predicted molar refractivity (Wildman–Crippen MR) is 97.0 cm³/mol. The van der Waals surface area contributed by atoms with E-state index < -0.39 is 0 Å². The van der Waals surface area contributed by atoms with Crippen molar-refractivity contribution in [3.8, 4) is 0 Å². The Morgan fingerprint density at radius 1 is 1.17 bits per heavy atom. The highest BCUT2D eigenvalue weighted by Crippen LogP contribution is 2.34. The third kappa shape index (κ3) is 3.76. The van der Waals surface area contributed by atoms with Crippen LogP contribution in [-0.4, -0.2) is 22.6 Å². The summed E-state index contributed by atoms with van der Waals surface area (Å²) in [5.74, 6) is 0.336. The van der Waals surface area contributed by atoms with Gasteiger partial charge in [-0.3, -0.25) is 14.5 Å². The van der Waals surface area contributed by atoms with Crippen molar-refractivity contribution < 1.29 is 14.0 Å². The van der Waals surface area contributed by atoms with Gasteiger partial charge in [-0.05, 0) is 49.4 Å². The van der Waals surface area contributed by atoms with Gasteiger partial charge in [-0.1, -0.05) is 36.4 Å². The summed E-state index contributed by atoms with van der Waals surface area (Å²) in [6.45, 7) is 4.44. The Morgan fingerprint density at radius 3 is 2.62 bits per heavy atom. The van der Waals surface area contributed by atoms with E-state index in [1.165, 1.54) is 22.2 Å². The lowest BCUT2D eigenvalue weighted by atomic mass is 10.2. The molecule has 2 aromatic rings. The Hall–Kier alpha value is -1.92. The Morgan fingerprint density at radius 2 is 1.92 bits per heavy atom. The summed E-state index contributed by atoms with van der Waals surface area (Å²) in [6.07, 6.45) is 2.39. The van der Waals surface area contributed by atoms with Crippen molar-refractivity contribution in [1.82, 2.24) is 4.90 Å². The fourth-order valence-corrected chi connectivity index (χ4v) is 3.86. The standard InChI is InChI=1S/C18H17NO3S2/c1-3-10-19-17(20)15(24-18(19)21)11-13-6-9-16(22-13)23-14-7-4-12(2)5-8-14/h4-9,11H,3,10H2,1-2H3/b15-11+. The molecular formula is C18H17NO3S2. The largest absolute Gasteiger partial charge is 0.450 e. The van der Waals surface area contributed by atoms with Gasteiger partial charge < -0.3 is 4.42 Å². The molecule has 6 heteroatoms. The first-order valence-corrected chi connectivity index (χ1v) is 9.30. The van der Waals surface area contributed by atoms with Crippen LogP contribution >= 0.6 is 23.5 Å². The summed E-state index contributed by atoms with van der Waals surface area (Å²) in [5.41, 5.74) is 1.21. The molecule has 1 saturated heterocycles. The van der Waals surface area contributed by atoms with E-state index in [4.69, 9.17) is 4.42 Å². The molecule has 1 aliphatic heterocycles. The summed E-state index contributed by atoms with van der Waals surface area (Å²) < 4.78 is 5.75. The van der Waals surface area contributed by atoms with Crippen LogP contribution < -0.4 is 0 Å². The number of thioether (sulfide) groups is 1. The predicted octanol–water partition coefficient (Wildman–Crippen LogP) is 5.19. The molecule has 1 fully saturated rings. The van der Waals surface area contributed by atoms with E-state index in [0.29, 0.717) is 17.2 Å². The molecule has 4 nitrogen and oxygen atoms in total. The Bertz CT molecular complexity index is 793. The molecule has 3 rings (SSSR count). The molecule has 24 heavy (non-hydrogen) atoms. The minimum atomic E-state index is -0.240. The van der Waals surface area contributed by atoms with E-state index in [-0.39, 0.29) is 11.1 Å². The summed E-state index contributed by atoms with van der Waals surface area (Å²) in [6, 6.07) is 11.9. The first kappa shape index (κ1) is 16.9. The van der Waals surface area contributed by atoms with Crippen LogP contribution in [0.25, 0.3) is 6.08 Å². The van der Waals surface area contributed by atoms with Crippen LogP contribution in [-0.2, 0) is 4.79 Å². The molecule has 1 aromatic carbocycles. The average Bonchev–Trinajstić information content (AvgIpc) is 3.10. The second-order valence-corrected chi connectivity index (χ2v) is 7.48. The molecule has 0 atom stereocenters. The SMILES string of the molecule is CCCN1C(=O)S/C(=C/c2ccc(Sc3ccc(C)cc3)o2)C1=O. The molecule has 0 spiro atoms. The van der Waals surface area contributed by atoms with E-state index >= 15 is 0 Å². The zero-order chi connectivity index (χ0) is 17.1. The van der Waals surface area contributed by atoms with Gasteiger partial charge in [0.05, 0.1) is 4.91 Å². The van der Waals surface area contributed by atoms with Crippen LogP contribution in [0, 0.1) is 6.92 Å². The van der Waals surface area contributed by atoms with E-state index in [1.807, 2.05) is 38.1 Å². The van der Waals surface area contributed by atoms with Crippen LogP contribution in [0.3, 0.4) is 0 Å². The van der Waals surface area contributed by atoms with Gasteiger partial charge in [0, 0.05) is 17.5 Å². The molecule has 2 heterocycles. The van der Waals surface area contributed by atoms with Crippen molar-refractivity contribution in [2.75, 3.05) is 6.54 Å². The topological polar surface area (TPSA) is 50.5 Å². The first-order chi connectivity index (χ1) is 11.6. The molecule has 0 bridgehead atoms. The molecule has 0 unspecified atom stereocenters. The molecule has 124 valence electrons. The number of carbonyl (C=O) groups excluding carboxylic acids is 2. The molecule has 0 radical (unpaired) electrons. The number of hydrogen-bond donors (Lipinski definition) is 0. The summed E-state index contributed by atoms with van der Waals surface area (Å²) in [5, 5.41) is 0.534. The van der Waals surface area contributed by atoms with E-state index in [9.17, 15) is 9.59 Å². The number of rotatable bonds is 5. The highest BCUT2D eigenvalue weighted by molar-refractivity contribution is 8.18. The highest BCUT2D eigenvalue weighted by atomic mass is 32.2. The summed E-state index contributed by atoms with van der Waals surface area (Å²) in [4.78, 5) is 26.8. The number of furan rings is 1. The number of hydrogen-bond acceptors (Lipinski definition) is 5. The van der Waals surface area contributed by atoms with E-state index in [2.05, 4.69) is 12.1 Å². The van der Waals surface area contributed by atoms with Crippen molar-refractivity contribution >= 4 is 40.7 Å². The number of imide groups is 1. The molecule has 2 amide bonds. The zero-order valence-electron chi connectivity index (χ0n) is 13.4. The number of carbonyl (C=O) groups is 2. The molecule has 0 N–H and O–H groups in total. The van der Waals surface area contributed by atoms with Crippen molar-refractivity contribution in [2.24, 2.45) is 0 Å². The third-order valence-corrected chi connectivity index (χ3v) is 5.27. The second kappa shape index (κ2) is 7.32. The lowest BCUT2D eigenvalue weighted by Crippen LogP contribution is -2.28. The van der Waals surface area contributed by atoms with E-state index in [1.54, 1.807) is 6.08 Å². The van der Waals surface area contributed by atoms with Crippen molar-refractivity contribution in [3.63, 3.8) is 0 Å². The van der Waals surface area contributed by atoms with Crippen molar-refractivity contribution in [1.29, 1.82) is 0 Å². The normalized spacial score (nSPS) is 16.4. The first-order valence-electron chi connectivity index (χ1n) is 7.66. The monoisotopic (exact) mass is 359 g/mol. The van der Waals surface area contributed by atoms with Gasteiger partial charge in [-0.15, -0.1) is 0 Å². The average molecular weight is 359 g/mol. The summed E-state index contributed by atoms with van der Waals surface area (Å²) >= 11 is 2.48. The van der Waals surface area contributed by atoms with E-state index in [0.717, 1.165) is 28.2 Å². The molecule has 0 saturated carbocycles. The smallest absolute Gasteiger partial charge is 0.293 e. The Kier molecular flexibility index (Phi) is 5.16. The number of benzene rings is 1. The van der Waals surface area contributed by atoms with Gasteiger partial charge in [-0.2, -0.15) is 0 Å². The van der Waals surface area contributed by atoms with Gasteiger partial charge in [-0.25, -0.2) is 0 Å². The Labute approximate surface area is 149 Å². The zero-order valence-corrected chi connectivity index (χ0v) is 15.1. The van der Waals surface area contributed by atoms with Crippen LogP contribution in [0.1, 0.15) is 24.7 Å². The number of aryl methyl sites for hydroxylation is 1. The van der Waals surface area contributed by atoms with Gasteiger partial charge in [0.1, 0.15) is 5.76 Å². The van der Waals surface area contributed by atoms with Crippen LogP contribution in [0.2, 0.25) is 0 Å². The van der Waals surface area contributed by atoms with Crippen LogP contribution in [0.15, 0.2) is 55.7 Å². The second-order valence-electron chi connectivity index (χ2n) is 5.41. The highest BCUT2D eigenvalue weighted by Gasteiger charge is 2.34. The number of nitrogens with zero attached hydrogens (tertiary/aromatic N) is 1. The Balaban J connectivity index is 1.73. The van der Waals surface area contributed by atoms with Gasteiger partial charge in [0.25, 0.3) is 11.1 Å². The summed E-state index contributed by atoms with van der Waals surface area (Å²) in [7, 11) is 0. The molecule has 1 aromatic heterocycles. The van der Waals surface area contributed by atoms with Gasteiger partial charge in [0.2, 0.25) is 0 Å². The van der Waals surface area contributed by atoms with Crippen LogP contribution in [0.5, 0.6) is 0 Å². The lowest BCUT2D eigenvalue weighted by molar-refractivity contribution is -0.122. The minimum Gasteiger partial charge on any atom is -0.450 e. The lowest BCUT2D eigenvalue weighted by Gasteiger charge is -2.09. The van der Waals surface area contributed by atoms with Crippen molar-refractivity contribution in [3.05, 3.63) is 52.6 Å². The number of amides is 2. The van der Waals surface area contributed by atoms with Crippen molar-refractivity contribution in [2.45, 2.75) is 30.3 Å². The molecular weight excluding hydrogens is 342 g/mol. The van der Waals surface area contributed by atoms with Gasteiger partial charge >= 0.3 is 0 Å². The third-order valence-electron chi connectivity index (χ3n) is 3.44. The maximum Gasteiger partial charge on any atom is 0.293 e. The van der Waals surface area contributed by atoms with Gasteiger partial charge in [0.15, 0.2) is 5.09 Å². The van der Waals surface area contributed by atoms with Crippen LogP contribution in [0.4, 0.5) is 4.79 Å². The molecule has 1 aliphatic rings. The maximum absolute atomic E-state index is 12.2. The quantitative estimate of drug-likeness (QED) is 0.688. The molecule has 0 aliphatic carbocycles. The minimum absolute atomic E-state index is 0.214. The maximum atomic E-state index is 12.2. The fourth-order valence-electron chi connectivity index (χ4n) is 2.23. The fraction of sp³-hybridized carbons (Fsp3) is 0.222.